The average molecular weight is 515 g/mol. The van der Waals surface area contributed by atoms with Crippen molar-refractivity contribution < 1.29 is 26.4 Å². The zero-order valence-electron chi connectivity index (χ0n) is 18.5. The number of anilines is 1. The summed E-state index contributed by atoms with van der Waals surface area (Å²) >= 11 is 6.14. The van der Waals surface area contributed by atoms with E-state index in [-0.39, 0.29) is 23.0 Å². The Labute approximate surface area is 200 Å². The van der Waals surface area contributed by atoms with E-state index in [0.717, 1.165) is 11.7 Å². The molecule has 34 heavy (non-hydrogen) atoms. The van der Waals surface area contributed by atoms with Crippen LogP contribution in [0.1, 0.15) is 34.8 Å². The van der Waals surface area contributed by atoms with Gasteiger partial charge in [0.2, 0.25) is 5.82 Å². The number of nitrogens with one attached hydrogen (secondary N) is 1. The zero-order chi connectivity index (χ0) is 25.0. The fraction of sp³-hybridized carbons (Fsp3) is 0.409. The van der Waals surface area contributed by atoms with Gasteiger partial charge in [0.25, 0.3) is 11.8 Å². The minimum atomic E-state index is -3.34. The highest BCUT2D eigenvalue weighted by Crippen LogP contribution is 2.67. The van der Waals surface area contributed by atoms with Crippen LogP contribution in [0.5, 0.6) is 0 Å². The maximum atomic E-state index is 14.3. The predicted molar refractivity (Wildman–Crippen MR) is 121 cm³/mol. The van der Waals surface area contributed by atoms with Crippen molar-refractivity contribution in [2.45, 2.75) is 31.9 Å². The van der Waals surface area contributed by atoms with Crippen LogP contribution in [0.3, 0.4) is 0 Å². The molecule has 12 heteroatoms. The highest BCUT2D eigenvalue weighted by Gasteiger charge is 2.76. The second-order valence-electron chi connectivity index (χ2n) is 8.63. The van der Waals surface area contributed by atoms with Gasteiger partial charge in [-0.05, 0) is 25.5 Å². The lowest BCUT2D eigenvalue weighted by Crippen LogP contribution is -2.34. The molecule has 4 rings (SSSR count). The third-order valence-corrected chi connectivity index (χ3v) is 7.12. The Bertz CT molecular complexity index is 1290. The second-order valence-corrected chi connectivity index (χ2v) is 10.9. The summed E-state index contributed by atoms with van der Waals surface area (Å²) < 4.78 is 65.2. The van der Waals surface area contributed by atoms with E-state index >= 15 is 0 Å². The van der Waals surface area contributed by atoms with Crippen molar-refractivity contribution in [2.24, 2.45) is 11.8 Å². The molecule has 1 aliphatic carbocycles. The van der Waals surface area contributed by atoms with Crippen molar-refractivity contribution in [3.63, 3.8) is 0 Å². The number of hydrogen-bond donors (Lipinski definition) is 1. The summed E-state index contributed by atoms with van der Waals surface area (Å²) in [7, 11) is -3.34. The highest BCUT2D eigenvalue weighted by atomic mass is 35.5. The first-order valence-electron chi connectivity index (χ1n) is 10.4. The van der Waals surface area contributed by atoms with Crippen molar-refractivity contribution in [2.75, 3.05) is 17.7 Å². The first-order chi connectivity index (χ1) is 15.8. The number of amides is 1. The van der Waals surface area contributed by atoms with Crippen LogP contribution in [0.25, 0.3) is 0 Å². The van der Waals surface area contributed by atoms with E-state index in [1.165, 1.54) is 30.5 Å². The molecule has 2 heterocycles. The lowest BCUT2D eigenvalue weighted by molar-refractivity contribution is 0.0718. The van der Waals surface area contributed by atoms with Gasteiger partial charge in [-0.1, -0.05) is 29.8 Å². The van der Waals surface area contributed by atoms with Crippen molar-refractivity contribution in [1.82, 2.24) is 15.3 Å². The number of halogens is 4. The molecule has 1 aromatic heterocycles. The number of nitrogens with zero attached hydrogens (tertiary/aromatic N) is 3. The Balaban J connectivity index is 1.59. The number of carbonyl (C=O) groups is 1. The fourth-order valence-electron chi connectivity index (χ4n) is 4.39. The van der Waals surface area contributed by atoms with Crippen LogP contribution in [-0.4, -0.2) is 49.1 Å². The van der Waals surface area contributed by atoms with Gasteiger partial charge in [-0.25, -0.2) is 31.6 Å². The highest BCUT2D eigenvalue weighted by molar-refractivity contribution is 7.93. The van der Waals surface area contributed by atoms with E-state index in [2.05, 4.69) is 15.3 Å². The summed E-state index contributed by atoms with van der Waals surface area (Å²) in [6, 6.07) is 2.66. The largest absolute Gasteiger partial charge is 0.361 e. The molecular formula is C22H22ClF3N4O3S. The molecule has 1 N–H and O–H groups in total. The standard InChI is InChI=1S/C22H22ClF3N4O3S/c1-11(7-8-34(3,32)33)28-21(31)20-27-9-16(12(2)29-20)30-10-14-17(22(14,25)26)19(30)13-5-4-6-15(24)18(13)23/h4-9,11,14,17,19H,10H2,1-3H3,(H,28,31)/b8-7+/t11-,14-,17-,19-/m1/s1. The first kappa shape index (κ1) is 24.5. The molecule has 1 saturated carbocycles. The van der Waals surface area contributed by atoms with Crippen LogP contribution in [-0.2, 0) is 9.84 Å². The van der Waals surface area contributed by atoms with Crippen LogP contribution in [0.4, 0.5) is 18.9 Å². The molecule has 0 unspecified atom stereocenters. The van der Waals surface area contributed by atoms with Gasteiger partial charge < -0.3 is 10.2 Å². The molecule has 0 bridgehead atoms. The maximum Gasteiger partial charge on any atom is 0.289 e. The number of sulfone groups is 1. The van der Waals surface area contributed by atoms with Gasteiger partial charge in [-0.15, -0.1) is 0 Å². The van der Waals surface area contributed by atoms with Crippen LogP contribution in [0.2, 0.25) is 5.02 Å². The molecule has 0 spiro atoms. The maximum absolute atomic E-state index is 14.3. The second kappa shape index (κ2) is 8.53. The number of hydrogen-bond acceptors (Lipinski definition) is 6. The number of alkyl halides is 2. The van der Waals surface area contributed by atoms with Crippen molar-refractivity contribution >= 4 is 33.0 Å². The molecule has 1 aromatic carbocycles. The van der Waals surface area contributed by atoms with Gasteiger partial charge in [0, 0.05) is 24.3 Å². The molecule has 2 aliphatic rings. The SMILES string of the molecule is Cc1nc(C(=O)N[C@H](C)/C=C/S(C)(=O)=O)ncc1N1C[C@@H]2[C@H]([C@H]1c1cccc(F)c1Cl)C2(F)F. The van der Waals surface area contributed by atoms with E-state index < -0.39 is 51.4 Å². The minimum absolute atomic E-state index is 0.0121. The molecule has 1 saturated heterocycles. The van der Waals surface area contributed by atoms with E-state index in [0.29, 0.717) is 11.4 Å². The number of aromatic nitrogens is 2. The van der Waals surface area contributed by atoms with E-state index in [1.54, 1.807) is 18.7 Å². The van der Waals surface area contributed by atoms with Crippen molar-refractivity contribution in [3.05, 3.63) is 63.8 Å². The van der Waals surface area contributed by atoms with Crippen molar-refractivity contribution in [3.8, 4) is 0 Å². The summed E-state index contributed by atoms with van der Waals surface area (Å²) in [5.74, 6) is -6.26. The van der Waals surface area contributed by atoms with Gasteiger partial charge in [-0.3, -0.25) is 4.79 Å². The molecular weight excluding hydrogens is 493 g/mol. The number of rotatable bonds is 6. The van der Waals surface area contributed by atoms with E-state index in [1.807, 2.05) is 0 Å². The number of benzene rings is 1. The van der Waals surface area contributed by atoms with Gasteiger partial charge in [0.05, 0.1) is 40.5 Å². The molecule has 1 aliphatic heterocycles. The molecule has 7 nitrogen and oxygen atoms in total. The molecule has 4 atom stereocenters. The van der Waals surface area contributed by atoms with Crippen LogP contribution in [0.15, 0.2) is 35.9 Å². The van der Waals surface area contributed by atoms with Gasteiger partial charge in [0.1, 0.15) is 5.82 Å². The smallest absolute Gasteiger partial charge is 0.289 e. The third-order valence-electron chi connectivity index (χ3n) is 6.07. The Kier molecular flexibility index (Phi) is 6.14. The van der Waals surface area contributed by atoms with Crippen LogP contribution < -0.4 is 10.2 Å². The fourth-order valence-corrected chi connectivity index (χ4v) is 5.15. The number of fused-ring (bicyclic) bond motifs is 1. The summed E-state index contributed by atoms with van der Waals surface area (Å²) in [6.07, 6.45) is 3.72. The van der Waals surface area contributed by atoms with E-state index in [4.69, 9.17) is 11.6 Å². The normalized spacial score (nSPS) is 24.2. The molecule has 0 radical (unpaired) electrons. The summed E-state index contributed by atoms with van der Waals surface area (Å²) in [5, 5.41) is 3.35. The zero-order valence-corrected chi connectivity index (χ0v) is 20.0. The quantitative estimate of drug-likeness (QED) is 0.632. The Hall–Kier alpha value is -2.66. The number of carbonyl (C=O) groups excluding carboxylic acids is 1. The first-order valence-corrected chi connectivity index (χ1v) is 12.8. The Morgan fingerprint density at radius 1 is 1.38 bits per heavy atom. The number of aryl methyl sites for hydroxylation is 1. The third kappa shape index (κ3) is 4.50. The van der Waals surface area contributed by atoms with Crippen LogP contribution >= 0.6 is 11.6 Å². The predicted octanol–water partition coefficient (Wildman–Crippen LogP) is 3.70. The van der Waals surface area contributed by atoms with Crippen LogP contribution in [0, 0.1) is 24.6 Å². The topological polar surface area (TPSA) is 92.3 Å². The summed E-state index contributed by atoms with van der Waals surface area (Å²) in [5.41, 5.74) is 1.08. The van der Waals surface area contributed by atoms with E-state index in [9.17, 15) is 26.4 Å². The molecule has 1 amide bonds. The minimum Gasteiger partial charge on any atom is -0.361 e. The Morgan fingerprint density at radius 3 is 2.74 bits per heavy atom. The molecule has 182 valence electrons. The van der Waals surface area contributed by atoms with Gasteiger partial charge in [-0.2, -0.15) is 0 Å². The average Bonchev–Trinajstić information content (AvgIpc) is 3.07. The lowest BCUT2D eigenvalue weighted by atomic mass is 10.0. The Morgan fingerprint density at radius 2 is 2.09 bits per heavy atom. The summed E-state index contributed by atoms with van der Waals surface area (Å²) in [4.78, 5) is 22.5. The monoisotopic (exact) mass is 514 g/mol. The summed E-state index contributed by atoms with van der Waals surface area (Å²) in [6.45, 7) is 3.22. The van der Waals surface area contributed by atoms with Gasteiger partial charge in [0.15, 0.2) is 9.84 Å². The lowest BCUT2D eigenvalue weighted by Gasteiger charge is -2.32. The van der Waals surface area contributed by atoms with Crippen molar-refractivity contribution in [1.29, 1.82) is 0 Å². The molecule has 2 fully saturated rings. The van der Waals surface area contributed by atoms with Gasteiger partial charge >= 0.3 is 0 Å². The number of piperidine rings is 1. The molecule has 2 aromatic rings.